The van der Waals surface area contributed by atoms with Crippen LogP contribution < -0.4 is 0 Å². The van der Waals surface area contributed by atoms with Gasteiger partial charge in [0.1, 0.15) is 6.10 Å². The molecule has 0 bridgehead atoms. The molecule has 0 amide bonds. The first kappa shape index (κ1) is 23.8. The van der Waals surface area contributed by atoms with Gasteiger partial charge >= 0.3 is 6.18 Å². The van der Waals surface area contributed by atoms with Crippen LogP contribution in [-0.2, 0) is 4.74 Å². The van der Waals surface area contributed by atoms with E-state index in [-0.39, 0.29) is 0 Å². The Morgan fingerprint density at radius 1 is 1.16 bits per heavy atom. The van der Waals surface area contributed by atoms with Crippen LogP contribution in [0.25, 0.3) is 5.57 Å². The average Bonchev–Trinajstić information content (AvgIpc) is 2.80. The highest BCUT2D eigenvalue weighted by Gasteiger charge is 2.33. The molecular formula is C24H26F3N3O2. The molecule has 3 rings (SSSR count). The molecule has 1 N–H and O–H groups in total. The highest BCUT2D eigenvalue weighted by molar-refractivity contribution is 5.72. The highest BCUT2D eigenvalue weighted by atomic mass is 19.4. The standard InChI is InChI=1S/C24H26F3N3O2/c1-17(7-5-8-18(2)24(25,26)27)21-19(9-6-12-29-21)23(31)22(20-10-3-4-11-28-20)30-13-15-32-16-14-30/h3-12,22-23,31H,1,13-16H2,2H3/b7-5-,18-8+/t22-,23+/m0/s1. The fourth-order valence-corrected chi connectivity index (χ4v) is 3.53. The van der Waals surface area contributed by atoms with Gasteiger partial charge in [-0.1, -0.05) is 36.9 Å². The van der Waals surface area contributed by atoms with E-state index in [2.05, 4.69) is 21.4 Å². The number of halogens is 3. The molecule has 0 aromatic carbocycles. The number of rotatable bonds is 7. The van der Waals surface area contributed by atoms with Gasteiger partial charge in [-0.3, -0.25) is 14.9 Å². The third-order valence-electron chi connectivity index (χ3n) is 5.28. The van der Waals surface area contributed by atoms with E-state index in [1.54, 1.807) is 24.5 Å². The Kier molecular flexibility index (Phi) is 7.95. The number of nitrogens with zero attached hydrogens (tertiary/aromatic N) is 3. The van der Waals surface area contributed by atoms with Crippen LogP contribution in [0.3, 0.4) is 0 Å². The molecule has 1 saturated heterocycles. The van der Waals surface area contributed by atoms with Gasteiger partial charge < -0.3 is 9.84 Å². The molecule has 0 spiro atoms. The SMILES string of the molecule is C=C(/C=C\C=C(/C)C(F)(F)F)c1ncccc1[C@@H](O)[C@H](c1ccccn1)N1CCOCC1. The quantitative estimate of drug-likeness (QED) is 0.628. The van der Waals surface area contributed by atoms with E-state index in [1.807, 2.05) is 18.2 Å². The first-order valence-electron chi connectivity index (χ1n) is 10.3. The van der Waals surface area contributed by atoms with Crippen molar-refractivity contribution >= 4 is 5.57 Å². The molecule has 5 nitrogen and oxygen atoms in total. The van der Waals surface area contributed by atoms with E-state index in [4.69, 9.17) is 4.74 Å². The molecule has 3 heterocycles. The molecule has 8 heteroatoms. The Labute approximate surface area is 185 Å². The lowest BCUT2D eigenvalue weighted by Gasteiger charge is -2.37. The van der Waals surface area contributed by atoms with Crippen molar-refractivity contribution < 1.29 is 23.0 Å². The van der Waals surface area contributed by atoms with Crippen LogP contribution in [0, 0.1) is 0 Å². The first-order chi connectivity index (χ1) is 15.3. The third kappa shape index (κ3) is 5.91. The van der Waals surface area contributed by atoms with Crippen molar-refractivity contribution in [3.8, 4) is 0 Å². The zero-order chi connectivity index (χ0) is 23.1. The number of ether oxygens (including phenoxy) is 1. The first-order valence-corrected chi connectivity index (χ1v) is 10.3. The van der Waals surface area contributed by atoms with Crippen molar-refractivity contribution in [2.45, 2.75) is 25.2 Å². The summed E-state index contributed by atoms with van der Waals surface area (Å²) in [6, 6.07) is 8.56. The van der Waals surface area contributed by atoms with Crippen LogP contribution >= 0.6 is 0 Å². The number of hydrogen-bond donors (Lipinski definition) is 1. The topological polar surface area (TPSA) is 58.5 Å². The summed E-state index contributed by atoms with van der Waals surface area (Å²) in [5, 5.41) is 11.4. The van der Waals surface area contributed by atoms with Gasteiger partial charge in [0.05, 0.1) is 30.6 Å². The molecule has 1 aliphatic rings. The van der Waals surface area contributed by atoms with E-state index in [9.17, 15) is 18.3 Å². The van der Waals surface area contributed by atoms with Gasteiger partial charge in [-0.25, -0.2) is 0 Å². The summed E-state index contributed by atoms with van der Waals surface area (Å²) < 4.78 is 43.6. The Morgan fingerprint density at radius 3 is 2.53 bits per heavy atom. The van der Waals surface area contributed by atoms with Crippen LogP contribution in [0.4, 0.5) is 13.2 Å². The largest absolute Gasteiger partial charge is 0.412 e. The zero-order valence-corrected chi connectivity index (χ0v) is 17.8. The monoisotopic (exact) mass is 445 g/mol. The zero-order valence-electron chi connectivity index (χ0n) is 17.8. The number of pyridine rings is 2. The maximum absolute atomic E-state index is 12.7. The number of alkyl halides is 3. The number of hydrogen-bond acceptors (Lipinski definition) is 5. The fourth-order valence-electron chi connectivity index (χ4n) is 3.53. The Hall–Kier alpha value is -2.81. The molecule has 1 aliphatic heterocycles. The van der Waals surface area contributed by atoms with Gasteiger partial charge in [-0.15, -0.1) is 0 Å². The number of aliphatic hydroxyl groups excluding tert-OH is 1. The normalized spacial score (nSPS) is 18.0. The van der Waals surface area contributed by atoms with Crippen molar-refractivity contribution in [3.63, 3.8) is 0 Å². The smallest absolute Gasteiger partial charge is 0.386 e. The van der Waals surface area contributed by atoms with E-state index in [1.165, 1.54) is 12.2 Å². The molecule has 0 aliphatic carbocycles. The molecule has 2 aromatic rings. The van der Waals surface area contributed by atoms with Crippen LogP contribution in [0.15, 0.2) is 73.1 Å². The summed E-state index contributed by atoms with van der Waals surface area (Å²) in [5.74, 6) is 0. The highest BCUT2D eigenvalue weighted by Crippen LogP contribution is 2.36. The van der Waals surface area contributed by atoms with Crippen molar-refractivity contribution in [2.24, 2.45) is 0 Å². The second-order valence-corrected chi connectivity index (χ2v) is 7.47. The van der Waals surface area contributed by atoms with Gasteiger partial charge in [0.25, 0.3) is 0 Å². The summed E-state index contributed by atoms with van der Waals surface area (Å²) in [7, 11) is 0. The minimum atomic E-state index is -4.38. The minimum absolute atomic E-state index is 0.396. The summed E-state index contributed by atoms with van der Waals surface area (Å²) in [6.07, 6.45) is 1.60. The Bertz CT molecular complexity index is 968. The molecule has 0 saturated carbocycles. The summed E-state index contributed by atoms with van der Waals surface area (Å²) in [5.41, 5.74) is 1.34. The number of aliphatic hydroxyl groups is 1. The Balaban J connectivity index is 1.92. The lowest BCUT2D eigenvalue weighted by Crippen LogP contribution is -2.41. The lowest BCUT2D eigenvalue weighted by atomic mass is 9.94. The van der Waals surface area contributed by atoms with Crippen molar-refractivity contribution in [2.75, 3.05) is 26.3 Å². The number of allylic oxidation sites excluding steroid dienone is 5. The van der Waals surface area contributed by atoms with E-state index < -0.39 is 23.9 Å². The minimum Gasteiger partial charge on any atom is -0.386 e. The predicted molar refractivity (Wildman–Crippen MR) is 117 cm³/mol. The molecule has 0 unspecified atom stereocenters. The lowest BCUT2D eigenvalue weighted by molar-refractivity contribution is -0.0913. The maximum atomic E-state index is 12.7. The van der Waals surface area contributed by atoms with Crippen molar-refractivity contribution in [1.82, 2.24) is 14.9 Å². The van der Waals surface area contributed by atoms with Gasteiger partial charge in [-0.05, 0) is 30.7 Å². The fraction of sp³-hybridized carbons (Fsp3) is 0.333. The van der Waals surface area contributed by atoms with Gasteiger partial charge in [0.15, 0.2) is 0 Å². The summed E-state index contributed by atoms with van der Waals surface area (Å²) in [6.45, 7) is 7.33. The molecule has 32 heavy (non-hydrogen) atoms. The molecular weight excluding hydrogens is 419 g/mol. The average molecular weight is 445 g/mol. The van der Waals surface area contributed by atoms with Gasteiger partial charge in [0, 0.05) is 36.6 Å². The summed E-state index contributed by atoms with van der Waals surface area (Å²) in [4.78, 5) is 10.9. The molecule has 2 aromatic heterocycles. The van der Waals surface area contributed by atoms with Gasteiger partial charge in [-0.2, -0.15) is 13.2 Å². The second-order valence-electron chi connectivity index (χ2n) is 7.47. The van der Waals surface area contributed by atoms with E-state index >= 15 is 0 Å². The van der Waals surface area contributed by atoms with Crippen LogP contribution in [0.1, 0.15) is 36.0 Å². The van der Waals surface area contributed by atoms with E-state index in [0.29, 0.717) is 48.8 Å². The van der Waals surface area contributed by atoms with Crippen LogP contribution in [-0.4, -0.2) is 52.5 Å². The number of aromatic nitrogens is 2. The second kappa shape index (κ2) is 10.7. The van der Waals surface area contributed by atoms with Gasteiger partial charge in [0.2, 0.25) is 0 Å². The molecule has 1 fully saturated rings. The Morgan fingerprint density at radius 2 is 1.88 bits per heavy atom. The predicted octanol–water partition coefficient (Wildman–Crippen LogP) is 4.66. The van der Waals surface area contributed by atoms with Crippen molar-refractivity contribution in [1.29, 1.82) is 0 Å². The number of morpholine rings is 1. The van der Waals surface area contributed by atoms with E-state index in [0.717, 1.165) is 13.0 Å². The maximum Gasteiger partial charge on any atom is 0.412 e. The molecule has 170 valence electrons. The van der Waals surface area contributed by atoms with Crippen LogP contribution in [0.5, 0.6) is 0 Å². The molecule has 0 radical (unpaired) electrons. The third-order valence-corrected chi connectivity index (χ3v) is 5.28. The molecule has 2 atom stereocenters. The van der Waals surface area contributed by atoms with Crippen LogP contribution in [0.2, 0.25) is 0 Å². The summed E-state index contributed by atoms with van der Waals surface area (Å²) >= 11 is 0. The van der Waals surface area contributed by atoms with Crippen molar-refractivity contribution in [3.05, 3.63) is 90.1 Å².